The summed E-state index contributed by atoms with van der Waals surface area (Å²) in [5.41, 5.74) is 5.58. The maximum absolute atomic E-state index is 12.7. The van der Waals surface area contributed by atoms with Gasteiger partial charge in [-0.05, 0) is 40.5 Å². The van der Waals surface area contributed by atoms with Crippen LogP contribution in [0.15, 0.2) is 0 Å². The van der Waals surface area contributed by atoms with E-state index in [1.807, 2.05) is 4.90 Å². The summed E-state index contributed by atoms with van der Waals surface area (Å²) in [5, 5.41) is 0. The van der Waals surface area contributed by atoms with Crippen LogP contribution in [-0.2, 0) is 9.53 Å². The summed E-state index contributed by atoms with van der Waals surface area (Å²) >= 11 is 0. The number of hydrogen-bond donors (Lipinski definition) is 1. The first-order chi connectivity index (χ1) is 8.70. The normalized spacial score (nSPS) is 34.1. The van der Waals surface area contributed by atoms with Gasteiger partial charge in [-0.15, -0.1) is 0 Å². The molecule has 2 unspecified atom stereocenters. The summed E-state index contributed by atoms with van der Waals surface area (Å²) in [6.07, 6.45) is 4.21. The second-order valence-corrected chi connectivity index (χ2v) is 7.37. The molecule has 0 spiro atoms. The molecule has 2 atom stereocenters. The second-order valence-electron chi connectivity index (χ2n) is 7.37. The third kappa shape index (κ3) is 3.48. The molecule has 110 valence electrons. The zero-order chi connectivity index (χ0) is 14.3. The van der Waals surface area contributed by atoms with Crippen molar-refractivity contribution in [2.75, 3.05) is 13.1 Å². The second kappa shape index (κ2) is 5.06. The van der Waals surface area contributed by atoms with Crippen LogP contribution in [0.5, 0.6) is 0 Å². The Bertz CT molecular complexity index is 336. The molecule has 0 aromatic heterocycles. The highest BCUT2D eigenvalue weighted by Crippen LogP contribution is 2.31. The molecule has 0 bridgehead atoms. The predicted octanol–water partition coefficient (Wildman–Crippen LogP) is 1.92. The highest BCUT2D eigenvalue weighted by Gasteiger charge is 2.42. The fourth-order valence-corrected chi connectivity index (χ4v) is 3.64. The smallest absolute Gasteiger partial charge is 0.227 e. The van der Waals surface area contributed by atoms with Crippen molar-refractivity contribution < 1.29 is 9.53 Å². The molecular formula is C15H28N2O2. The molecule has 1 aliphatic heterocycles. The van der Waals surface area contributed by atoms with Crippen molar-refractivity contribution >= 4 is 5.91 Å². The summed E-state index contributed by atoms with van der Waals surface area (Å²) in [6.45, 7) is 9.53. The Kier molecular flexibility index (Phi) is 3.94. The van der Waals surface area contributed by atoms with Crippen molar-refractivity contribution in [3.05, 3.63) is 0 Å². The van der Waals surface area contributed by atoms with Crippen LogP contribution in [0.25, 0.3) is 0 Å². The highest BCUT2D eigenvalue weighted by atomic mass is 16.5. The van der Waals surface area contributed by atoms with Gasteiger partial charge in [0.2, 0.25) is 5.91 Å². The fraction of sp³-hybridized carbons (Fsp3) is 0.933. The molecule has 1 heterocycles. The van der Waals surface area contributed by atoms with Crippen molar-refractivity contribution in [1.82, 2.24) is 4.90 Å². The topological polar surface area (TPSA) is 55.6 Å². The molecule has 2 aliphatic rings. The lowest BCUT2D eigenvalue weighted by molar-refractivity contribution is -0.190. The lowest BCUT2D eigenvalue weighted by Gasteiger charge is -2.48. The average molecular weight is 268 g/mol. The number of nitrogens with zero attached hydrogens (tertiary/aromatic N) is 1. The first-order valence-electron chi connectivity index (χ1n) is 7.45. The van der Waals surface area contributed by atoms with Crippen molar-refractivity contribution in [2.45, 2.75) is 70.6 Å². The Labute approximate surface area is 116 Å². The van der Waals surface area contributed by atoms with E-state index >= 15 is 0 Å². The predicted molar refractivity (Wildman–Crippen MR) is 75.8 cm³/mol. The molecular weight excluding hydrogens is 240 g/mol. The van der Waals surface area contributed by atoms with Gasteiger partial charge in [0.1, 0.15) is 0 Å². The molecule has 1 aliphatic carbocycles. The molecule has 1 amide bonds. The molecule has 4 nitrogen and oxygen atoms in total. The van der Waals surface area contributed by atoms with Gasteiger partial charge in [0.15, 0.2) is 0 Å². The van der Waals surface area contributed by atoms with Gasteiger partial charge in [0, 0.05) is 19.1 Å². The number of amides is 1. The molecule has 2 fully saturated rings. The fourth-order valence-electron chi connectivity index (χ4n) is 3.64. The molecule has 1 saturated heterocycles. The van der Waals surface area contributed by atoms with Gasteiger partial charge >= 0.3 is 0 Å². The number of morpholine rings is 1. The minimum Gasteiger partial charge on any atom is -0.366 e. The van der Waals surface area contributed by atoms with Gasteiger partial charge in [0.25, 0.3) is 0 Å². The van der Waals surface area contributed by atoms with Crippen molar-refractivity contribution in [2.24, 2.45) is 11.7 Å². The monoisotopic (exact) mass is 268 g/mol. The van der Waals surface area contributed by atoms with Gasteiger partial charge in [0.05, 0.1) is 17.1 Å². The minimum absolute atomic E-state index is 0.0125. The number of carbonyl (C=O) groups excluding carboxylic acids is 1. The zero-order valence-electron chi connectivity index (χ0n) is 12.7. The summed E-state index contributed by atoms with van der Waals surface area (Å²) in [7, 11) is 0. The summed E-state index contributed by atoms with van der Waals surface area (Å²) in [4.78, 5) is 14.7. The van der Waals surface area contributed by atoms with E-state index in [-0.39, 0.29) is 29.1 Å². The van der Waals surface area contributed by atoms with Crippen LogP contribution < -0.4 is 5.73 Å². The summed E-state index contributed by atoms with van der Waals surface area (Å²) in [6, 6.07) is 0.0373. The van der Waals surface area contributed by atoms with Crippen molar-refractivity contribution in [1.29, 1.82) is 0 Å². The van der Waals surface area contributed by atoms with Crippen LogP contribution in [0.1, 0.15) is 53.4 Å². The van der Waals surface area contributed by atoms with Gasteiger partial charge in [-0.3, -0.25) is 4.79 Å². The standard InChI is InChI=1S/C15H28N2O2/c1-14(2)9-17(10-15(3,4)19-14)13(18)11-7-5-6-8-12(11)16/h11-12H,5-10,16H2,1-4H3. The van der Waals surface area contributed by atoms with Crippen LogP contribution in [0.4, 0.5) is 0 Å². The van der Waals surface area contributed by atoms with Gasteiger partial charge in [-0.1, -0.05) is 12.8 Å². The van der Waals surface area contributed by atoms with E-state index in [4.69, 9.17) is 10.5 Å². The van der Waals surface area contributed by atoms with E-state index in [9.17, 15) is 4.79 Å². The van der Waals surface area contributed by atoms with E-state index in [0.717, 1.165) is 25.7 Å². The Balaban J connectivity index is 2.09. The number of nitrogens with two attached hydrogens (primary N) is 1. The van der Waals surface area contributed by atoms with E-state index in [0.29, 0.717) is 13.1 Å². The van der Waals surface area contributed by atoms with E-state index in [1.165, 1.54) is 0 Å². The third-order valence-corrected chi connectivity index (χ3v) is 4.14. The zero-order valence-corrected chi connectivity index (χ0v) is 12.7. The third-order valence-electron chi connectivity index (χ3n) is 4.14. The Morgan fingerprint density at radius 1 is 1.11 bits per heavy atom. The summed E-state index contributed by atoms with van der Waals surface area (Å²) < 4.78 is 6.03. The lowest BCUT2D eigenvalue weighted by Crippen LogP contribution is -2.60. The van der Waals surface area contributed by atoms with E-state index in [1.54, 1.807) is 0 Å². The number of carbonyl (C=O) groups is 1. The van der Waals surface area contributed by atoms with Crippen molar-refractivity contribution in [3.63, 3.8) is 0 Å². The quantitative estimate of drug-likeness (QED) is 0.790. The van der Waals surface area contributed by atoms with Crippen LogP contribution in [-0.4, -0.2) is 41.1 Å². The number of hydrogen-bond acceptors (Lipinski definition) is 3. The van der Waals surface area contributed by atoms with Crippen LogP contribution in [0, 0.1) is 5.92 Å². The molecule has 0 aromatic rings. The van der Waals surface area contributed by atoms with Gasteiger partial charge in [-0.2, -0.15) is 0 Å². The first kappa shape index (κ1) is 14.8. The molecule has 0 aromatic carbocycles. The first-order valence-corrected chi connectivity index (χ1v) is 7.45. The maximum Gasteiger partial charge on any atom is 0.227 e. The maximum atomic E-state index is 12.7. The lowest BCUT2D eigenvalue weighted by atomic mass is 9.83. The van der Waals surface area contributed by atoms with Gasteiger partial charge < -0.3 is 15.4 Å². The Hall–Kier alpha value is -0.610. The Morgan fingerprint density at radius 3 is 2.16 bits per heavy atom. The molecule has 2 rings (SSSR count). The highest BCUT2D eigenvalue weighted by molar-refractivity contribution is 5.80. The number of ether oxygens (including phenoxy) is 1. The minimum atomic E-state index is -0.282. The van der Waals surface area contributed by atoms with Crippen molar-refractivity contribution in [3.8, 4) is 0 Å². The largest absolute Gasteiger partial charge is 0.366 e. The molecule has 19 heavy (non-hydrogen) atoms. The van der Waals surface area contributed by atoms with Crippen LogP contribution >= 0.6 is 0 Å². The Morgan fingerprint density at radius 2 is 1.63 bits per heavy atom. The van der Waals surface area contributed by atoms with Gasteiger partial charge in [-0.25, -0.2) is 0 Å². The molecule has 1 saturated carbocycles. The van der Waals surface area contributed by atoms with E-state index in [2.05, 4.69) is 27.7 Å². The number of rotatable bonds is 1. The average Bonchev–Trinajstić information content (AvgIpc) is 2.24. The van der Waals surface area contributed by atoms with E-state index < -0.39 is 0 Å². The van der Waals surface area contributed by atoms with Crippen LogP contribution in [0.2, 0.25) is 0 Å². The molecule has 2 N–H and O–H groups in total. The SMILES string of the molecule is CC1(C)CN(C(=O)C2CCCCC2N)CC(C)(C)O1. The molecule has 0 radical (unpaired) electrons. The van der Waals surface area contributed by atoms with Crippen LogP contribution in [0.3, 0.4) is 0 Å². The summed E-state index contributed by atoms with van der Waals surface area (Å²) in [5.74, 6) is 0.245. The molecule has 4 heteroatoms.